The highest BCUT2D eigenvalue weighted by Crippen LogP contribution is 2.21. The van der Waals surface area contributed by atoms with Crippen LogP contribution in [-0.4, -0.2) is 62.3 Å². The van der Waals surface area contributed by atoms with Crippen LogP contribution in [-0.2, 0) is 4.74 Å². The van der Waals surface area contributed by atoms with E-state index in [4.69, 9.17) is 4.74 Å². The van der Waals surface area contributed by atoms with Crippen molar-refractivity contribution in [1.29, 1.82) is 0 Å². The molecule has 1 fully saturated rings. The number of hydrogen-bond donors (Lipinski definition) is 1. The van der Waals surface area contributed by atoms with Crippen molar-refractivity contribution in [1.82, 2.24) is 9.80 Å². The molecule has 1 atom stereocenters. The summed E-state index contributed by atoms with van der Waals surface area (Å²) in [6.07, 6.45) is 2.25. The number of carbonyl (C=O) groups is 1. The van der Waals surface area contributed by atoms with Crippen molar-refractivity contribution < 1.29 is 9.53 Å². The van der Waals surface area contributed by atoms with Gasteiger partial charge in [-0.2, -0.15) is 0 Å². The summed E-state index contributed by atoms with van der Waals surface area (Å²) in [6, 6.07) is 18.1. The molecule has 2 aromatic carbocycles. The Morgan fingerprint density at radius 3 is 2.37 bits per heavy atom. The molecule has 1 unspecified atom stereocenters. The fourth-order valence-electron chi connectivity index (χ4n) is 3.21. The van der Waals surface area contributed by atoms with Gasteiger partial charge in [0.15, 0.2) is 0 Å². The van der Waals surface area contributed by atoms with E-state index in [-0.39, 0.29) is 12.1 Å². The average Bonchev–Trinajstić information content (AvgIpc) is 3.19. The van der Waals surface area contributed by atoms with Gasteiger partial charge in [-0.05, 0) is 50.2 Å². The minimum absolute atomic E-state index is 0.0696. The van der Waals surface area contributed by atoms with Crippen LogP contribution < -0.4 is 5.32 Å². The number of carbonyl (C=O) groups excluding carboxylic acids is 1. The molecule has 1 N–H and O–H groups in total. The van der Waals surface area contributed by atoms with E-state index < -0.39 is 0 Å². The van der Waals surface area contributed by atoms with Crippen molar-refractivity contribution in [3.8, 4) is 11.1 Å². The smallest absolute Gasteiger partial charge is 0.321 e. The Labute approximate surface area is 161 Å². The molecule has 0 radical (unpaired) electrons. The van der Waals surface area contributed by atoms with E-state index in [1.807, 2.05) is 61.5 Å². The van der Waals surface area contributed by atoms with E-state index in [9.17, 15) is 4.79 Å². The first-order valence-electron chi connectivity index (χ1n) is 9.59. The number of ether oxygens (including phenoxy) is 1. The lowest BCUT2D eigenvalue weighted by molar-refractivity contribution is 0.0820. The van der Waals surface area contributed by atoms with Gasteiger partial charge in [-0.15, -0.1) is 0 Å². The maximum atomic E-state index is 12.8. The number of nitrogens with zero attached hydrogens (tertiary/aromatic N) is 2. The normalized spacial score (nSPS) is 16.5. The van der Waals surface area contributed by atoms with Crippen LogP contribution in [0.3, 0.4) is 0 Å². The van der Waals surface area contributed by atoms with Gasteiger partial charge in [0.1, 0.15) is 0 Å². The van der Waals surface area contributed by atoms with Crippen molar-refractivity contribution in [3.05, 3.63) is 54.6 Å². The summed E-state index contributed by atoms with van der Waals surface area (Å²) in [5, 5.41) is 3.03. The van der Waals surface area contributed by atoms with Crippen molar-refractivity contribution in [2.24, 2.45) is 0 Å². The lowest BCUT2D eigenvalue weighted by Gasteiger charge is -2.27. The highest BCUT2D eigenvalue weighted by molar-refractivity contribution is 5.89. The second kappa shape index (κ2) is 9.53. The summed E-state index contributed by atoms with van der Waals surface area (Å²) in [5.41, 5.74) is 3.11. The van der Waals surface area contributed by atoms with Crippen LogP contribution in [0, 0.1) is 0 Å². The van der Waals surface area contributed by atoms with Gasteiger partial charge in [0.25, 0.3) is 0 Å². The molecule has 5 heteroatoms. The average molecular weight is 367 g/mol. The zero-order valence-electron chi connectivity index (χ0n) is 16.2. The largest absolute Gasteiger partial charge is 0.376 e. The maximum absolute atomic E-state index is 12.8. The number of amides is 2. The number of rotatable bonds is 7. The predicted octanol–water partition coefficient (Wildman–Crippen LogP) is 3.93. The Kier molecular flexibility index (Phi) is 6.85. The van der Waals surface area contributed by atoms with Gasteiger partial charge in [0, 0.05) is 31.9 Å². The number of benzene rings is 2. The minimum atomic E-state index is -0.0696. The highest BCUT2D eigenvalue weighted by Gasteiger charge is 2.22. The molecule has 2 amide bonds. The van der Waals surface area contributed by atoms with Gasteiger partial charge >= 0.3 is 6.03 Å². The molecule has 1 aliphatic rings. The van der Waals surface area contributed by atoms with Crippen molar-refractivity contribution >= 4 is 11.7 Å². The van der Waals surface area contributed by atoms with Crippen LogP contribution in [0.25, 0.3) is 11.1 Å². The van der Waals surface area contributed by atoms with Crippen LogP contribution in [0.2, 0.25) is 0 Å². The van der Waals surface area contributed by atoms with Gasteiger partial charge in [-0.1, -0.05) is 42.5 Å². The number of urea groups is 1. The van der Waals surface area contributed by atoms with Gasteiger partial charge in [0.2, 0.25) is 0 Å². The molecule has 0 aromatic heterocycles. The van der Waals surface area contributed by atoms with Crippen molar-refractivity contribution in [2.45, 2.75) is 18.9 Å². The van der Waals surface area contributed by atoms with Crippen LogP contribution in [0.4, 0.5) is 10.5 Å². The first-order chi connectivity index (χ1) is 13.1. The van der Waals surface area contributed by atoms with Crippen molar-refractivity contribution in [3.63, 3.8) is 0 Å². The van der Waals surface area contributed by atoms with E-state index in [0.29, 0.717) is 13.1 Å². The molecule has 1 saturated heterocycles. The summed E-state index contributed by atoms with van der Waals surface area (Å²) >= 11 is 0. The number of anilines is 1. The standard InChI is InChI=1S/C22H29N3O2/c1-24(2)14-15-25(17-21-9-6-16-27-21)22(26)23-20-12-10-19(11-13-20)18-7-4-3-5-8-18/h3-5,7-8,10-13,21H,6,9,14-17H2,1-2H3,(H,23,26). The van der Waals surface area contributed by atoms with Crippen molar-refractivity contribution in [2.75, 3.05) is 45.7 Å². The molecule has 0 aliphatic carbocycles. The van der Waals surface area contributed by atoms with Crippen LogP contribution in [0.1, 0.15) is 12.8 Å². The fourth-order valence-corrected chi connectivity index (χ4v) is 3.21. The number of nitrogens with one attached hydrogen (secondary N) is 1. The van der Waals surface area contributed by atoms with E-state index >= 15 is 0 Å². The topological polar surface area (TPSA) is 44.8 Å². The summed E-state index contributed by atoms with van der Waals surface area (Å²) in [4.78, 5) is 16.8. The quantitative estimate of drug-likeness (QED) is 0.806. The molecule has 5 nitrogen and oxygen atoms in total. The zero-order valence-corrected chi connectivity index (χ0v) is 16.2. The molecule has 27 heavy (non-hydrogen) atoms. The van der Waals surface area contributed by atoms with E-state index in [1.165, 1.54) is 5.56 Å². The zero-order chi connectivity index (χ0) is 19.1. The Balaban J connectivity index is 1.62. The van der Waals surface area contributed by atoms with E-state index in [1.54, 1.807) is 0 Å². The lowest BCUT2D eigenvalue weighted by Crippen LogP contribution is -2.43. The molecule has 1 aliphatic heterocycles. The third-order valence-electron chi connectivity index (χ3n) is 4.80. The predicted molar refractivity (Wildman–Crippen MR) is 110 cm³/mol. The minimum Gasteiger partial charge on any atom is -0.376 e. The molecule has 2 aromatic rings. The van der Waals surface area contributed by atoms with Crippen LogP contribution in [0.5, 0.6) is 0 Å². The van der Waals surface area contributed by atoms with Crippen LogP contribution >= 0.6 is 0 Å². The molecular weight excluding hydrogens is 338 g/mol. The molecule has 144 valence electrons. The third kappa shape index (κ3) is 5.81. The Bertz CT molecular complexity index is 710. The Hall–Kier alpha value is -2.37. The second-order valence-electron chi connectivity index (χ2n) is 7.26. The Morgan fingerprint density at radius 2 is 1.74 bits per heavy atom. The molecule has 3 rings (SSSR count). The van der Waals surface area contributed by atoms with Gasteiger partial charge < -0.3 is 19.9 Å². The summed E-state index contributed by atoms with van der Waals surface area (Å²) < 4.78 is 5.72. The van der Waals surface area contributed by atoms with E-state index in [0.717, 1.165) is 37.2 Å². The molecule has 0 spiro atoms. The molecule has 1 heterocycles. The SMILES string of the molecule is CN(C)CCN(CC1CCCO1)C(=O)Nc1ccc(-c2ccccc2)cc1. The summed E-state index contributed by atoms with van der Waals surface area (Å²) in [5.74, 6) is 0. The van der Waals surface area contributed by atoms with Gasteiger partial charge in [-0.3, -0.25) is 0 Å². The second-order valence-corrected chi connectivity index (χ2v) is 7.26. The number of hydrogen-bond acceptors (Lipinski definition) is 3. The van der Waals surface area contributed by atoms with Crippen LogP contribution in [0.15, 0.2) is 54.6 Å². The maximum Gasteiger partial charge on any atom is 0.321 e. The third-order valence-corrected chi connectivity index (χ3v) is 4.80. The highest BCUT2D eigenvalue weighted by atomic mass is 16.5. The fraction of sp³-hybridized carbons (Fsp3) is 0.409. The Morgan fingerprint density at radius 1 is 1.04 bits per heavy atom. The van der Waals surface area contributed by atoms with E-state index in [2.05, 4.69) is 22.3 Å². The molecule has 0 saturated carbocycles. The number of likely N-dealkylation sites (N-methyl/N-ethyl adjacent to an activating group) is 1. The summed E-state index contributed by atoms with van der Waals surface area (Å²) in [6.45, 7) is 2.95. The lowest BCUT2D eigenvalue weighted by atomic mass is 10.1. The first-order valence-corrected chi connectivity index (χ1v) is 9.59. The monoisotopic (exact) mass is 367 g/mol. The molecule has 0 bridgehead atoms. The first kappa shape index (κ1) is 19.4. The molecular formula is C22H29N3O2. The van der Waals surface area contributed by atoms with Gasteiger partial charge in [0.05, 0.1) is 6.10 Å². The van der Waals surface area contributed by atoms with Gasteiger partial charge in [-0.25, -0.2) is 4.79 Å². The summed E-state index contributed by atoms with van der Waals surface area (Å²) in [7, 11) is 4.04.